The van der Waals surface area contributed by atoms with Crippen LogP contribution in [0.25, 0.3) is 0 Å². The number of ether oxygens (including phenoxy) is 1. The fourth-order valence-corrected chi connectivity index (χ4v) is 2.95. The molecule has 1 atom stereocenters. The van der Waals surface area contributed by atoms with Crippen molar-refractivity contribution in [1.82, 2.24) is 0 Å². The molecule has 26 heavy (non-hydrogen) atoms. The maximum atomic E-state index is 12.4. The molecule has 0 fully saturated rings. The summed E-state index contributed by atoms with van der Waals surface area (Å²) in [6.07, 6.45) is -1.03. The van der Waals surface area contributed by atoms with Crippen molar-refractivity contribution in [1.29, 1.82) is 0 Å². The van der Waals surface area contributed by atoms with Gasteiger partial charge in [0, 0.05) is 4.90 Å². The molecule has 0 spiro atoms. The molecular weight excluding hydrogens is 376 g/mol. The van der Waals surface area contributed by atoms with Crippen LogP contribution in [0.5, 0.6) is 0 Å². The summed E-state index contributed by atoms with van der Waals surface area (Å²) in [5.41, 5.74) is 5.82. The molecule has 0 aliphatic rings. The lowest BCUT2D eigenvalue weighted by Gasteiger charge is -2.15. The molecule has 0 saturated heterocycles. The number of rotatable bonds is 7. The van der Waals surface area contributed by atoms with Crippen LogP contribution in [0.1, 0.15) is 17.3 Å². The van der Waals surface area contributed by atoms with E-state index in [2.05, 4.69) is 5.32 Å². The third-order valence-electron chi connectivity index (χ3n) is 3.26. The minimum absolute atomic E-state index is 0.0346. The second kappa shape index (κ2) is 9.26. The maximum absolute atomic E-state index is 12.4. The number of para-hydroxylation sites is 1. The van der Waals surface area contributed by atoms with Crippen molar-refractivity contribution in [2.24, 2.45) is 5.73 Å². The van der Waals surface area contributed by atoms with Gasteiger partial charge in [0.1, 0.15) is 0 Å². The average Bonchev–Trinajstić information content (AvgIpc) is 2.62. The van der Waals surface area contributed by atoms with E-state index in [4.69, 9.17) is 22.1 Å². The normalized spacial score (nSPS) is 11.5. The van der Waals surface area contributed by atoms with Crippen molar-refractivity contribution in [3.05, 3.63) is 59.1 Å². The Kier molecular flexibility index (Phi) is 7.06. The summed E-state index contributed by atoms with van der Waals surface area (Å²) >= 11 is 7.12. The van der Waals surface area contributed by atoms with Crippen LogP contribution < -0.4 is 11.1 Å². The van der Waals surface area contributed by atoms with E-state index in [1.165, 1.54) is 6.92 Å². The number of anilines is 1. The summed E-state index contributed by atoms with van der Waals surface area (Å²) in [4.78, 5) is 36.1. The summed E-state index contributed by atoms with van der Waals surface area (Å²) in [5.74, 6) is -1.63. The smallest absolute Gasteiger partial charge is 0.340 e. The van der Waals surface area contributed by atoms with Gasteiger partial charge < -0.3 is 15.8 Å². The number of carbonyl (C=O) groups is 3. The molecule has 8 heteroatoms. The number of hydrogen-bond donors (Lipinski definition) is 2. The maximum Gasteiger partial charge on any atom is 0.340 e. The van der Waals surface area contributed by atoms with Crippen LogP contribution >= 0.6 is 23.4 Å². The van der Waals surface area contributed by atoms with Crippen molar-refractivity contribution in [3.8, 4) is 0 Å². The van der Waals surface area contributed by atoms with E-state index in [9.17, 15) is 14.4 Å². The third-order valence-corrected chi connectivity index (χ3v) is 4.69. The van der Waals surface area contributed by atoms with Crippen molar-refractivity contribution in [3.63, 3.8) is 0 Å². The Hall–Kier alpha value is -2.51. The van der Waals surface area contributed by atoms with Gasteiger partial charge in [0.15, 0.2) is 6.10 Å². The molecule has 6 nitrogen and oxygen atoms in total. The lowest BCUT2D eigenvalue weighted by atomic mass is 10.2. The molecule has 0 aromatic heterocycles. The monoisotopic (exact) mass is 392 g/mol. The quantitative estimate of drug-likeness (QED) is 0.557. The van der Waals surface area contributed by atoms with E-state index in [1.54, 1.807) is 48.5 Å². The van der Waals surface area contributed by atoms with Crippen LogP contribution in [0.4, 0.5) is 5.69 Å². The molecule has 0 bridgehead atoms. The molecule has 3 N–H and O–H groups in total. The Morgan fingerprint density at radius 3 is 2.50 bits per heavy atom. The highest BCUT2D eigenvalue weighted by molar-refractivity contribution is 8.00. The molecule has 1 unspecified atom stereocenters. The average molecular weight is 393 g/mol. The van der Waals surface area contributed by atoms with E-state index < -0.39 is 23.9 Å². The van der Waals surface area contributed by atoms with E-state index in [0.717, 1.165) is 11.8 Å². The van der Waals surface area contributed by atoms with Crippen molar-refractivity contribution in [2.45, 2.75) is 17.9 Å². The highest BCUT2D eigenvalue weighted by Crippen LogP contribution is 2.24. The third kappa shape index (κ3) is 5.50. The number of esters is 1. The number of hydrogen-bond acceptors (Lipinski definition) is 5. The largest absolute Gasteiger partial charge is 0.449 e. The highest BCUT2D eigenvalue weighted by Gasteiger charge is 2.21. The second-order valence-corrected chi connectivity index (χ2v) is 6.69. The number of thioether (sulfide) groups is 1. The summed E-state index contributed by atoms with van der Waals surface area (Å²) in [7, 11) is 0. The summed E-state index contributed by atoms with van der Waals surface area (Å²) in [5, 5.41) is 2.99. The highest BCUT2D eigenvalue weighted by atomic mass is 35.5. The molecule has 2 rings (SSSR count). The van der Waals surface area contributed by atoms with Gasteiger partial charge in [-0.25, -0.2) is 4.79 Å². The van der Waals surface area contributed by atoms with Gasteiger partial charge in [-0.05, 0) is 31.2 Å². The van der Waals surface area contributed by atoms with Gasteiger partial charge >= 0.3 is 5.97 Å². The Labute approximate surface area is 160 Å². The van der Waals surface area contributed by atoms with Crippen LogP contribution in [-0.2, 0) is 14.3 Å². The number of carbonyl (C=O) groups excluding carboxylic acids is 3. The van der Waals surface area contributed by atoms with Crippen molar-refractivity contribution < 1.29 is 19.1 Å². The molecule has 0 radical (unpaired) electrons. The van der Waals surface area contributed by atoms with Gasteiger partial charge in [0.25, 0.3) is 5.91 Å². The van der Waals surface area contributed by atoms with E-state index in [-0.39, 0.29) is 11.3 Å². The van der Waals surface area contributed by atoms with Crippen LogP contribution in [-0.4, -0.2) is 29.6 Å². The number of nitrogens with one attached hydrogen (secondary N) is 1. The van der Waals surface area contributed by atoms with Gasteiger partial charge in [-0.1, -0.05) is 35.9 Å². The SMILES string of the molecule is CC(OC(=O)c1ccccc1SCC(N)=O)C(=O)Nc1ccccc1Cl. The molecule has 0 aliphatic heterocycles. The molecule has 2 aromatic carbocycles. The van der Waals surface area contributed by atoms with Crippen molar-refractivity contribution >= 4 is 46.8 Å². The summed E-state index contributed by atoms with van der Waals surface area (Å²) in [6.45, 7) is 1.46. The molecule has 2 aromatic rings. The van der Waals surface area contributed by atoms with E-state index >= 15 is 0 Å². The fraction of sp³-hybridized carbons (Fsp3) is 0.167. The fourth-order valence-electron chi connectivity index (χ4n) is 1.98. The van der Waals surface area contributed by atoms with E-state index in [1.807, 2.05) is 0 Å². The number of primary amides is 1. The molecule has 0 heterocycles. The van der Waals surface area contributed by atoms with Gasteiger partial charge in [0.05, 0.1) is 22.0 Å². The number of benzene rings is 2. The zero-order valence-electron chi connectivity index (χ0n) is 13.9. The van der Waals surface area contributed by atoms with Crippen LogP contribution in [0.3, 0.4) is 0 Å². The van der Waals surface area contributed by atoms with Crippen molar-refractivity contribution in [2.75, 3.05) is 11.1 Å². The Bertz CT molecular complexity index is 828. The molecular formula is C18H17ClN2O4S. The minimum atomic E-state index is -1.03. The zero-order chi connectivity index (χ0) is 19.1. The lowest BCUT2D eigenvalue weighted by Crippen LogP contribution is -2.30. The number of nitrogens with two attached hydrogens (primary N) is 1. The first kappa shape index (κ1) is 19.8. The Morgan fingerprint density at radius 1 is 1.15 bits per heavy atom. The molecule has 0 aliphatic carbocycles. The summed E-state index contributed by atoms with van der Waals surface area (Å²) in [6, 6.07) is 13.4. The molecule has 2 amide bonds. The first-order valence-electron chi connectivity index (χ1n) is 7.65. The predicted octanol–water partition coefficient (Wildman–Crippen LogP) is 3.10. The number of halogens is 1. The first-order chi connectivity index (χ1) is 12.4. The van der Waals surface area contributed by atoms with Crippen LogP contribution in [0, 0.1) is 0 Å². The molecule has 0 saturated carbocycles. The zero-order valence-corrected chi connectivity index (χ0v) is 15.5. The minimum Gasteiger partial charge on any atom is -0.449 e. The van der Waals surface area contributed by atoms with Gasteiger partial charge in [-0.2, -0.15) is 0 Å². The van der Waals surface area contributed by atoms with Crippen LogP contribution in [0.2, 0.25) is 5.02 Å². The van der Waals surface area contributed by atoms with Gasteiger partial charge in [0.2, 0.25) is 5.91 Å². The summed E-state index contributed by atoms with van der Waals surface area (Å²) < 4.78 is 5.23. The predicted molar refractivity (Wildman–Crippen MR) is 101 cm³/mol. The first-order valence-corrected chi connectivity index (χ1v) is 9.01. The Balaban J connectivity index is 2.04. The van der Waals surface area contributed by atoms with E-state index in [0.29, 0.717) is 15.6 Å². The van der Waals surface area contributed by atoms with Gasteiger partial charge in [-0.3, -0.25) is 9.59 Å². The standard InChI is InChI=1S/C18H17ClN2O4S/c1-11(17(23)21-14-8-4-3-7-13(14)19)25-18(24)12-6-2-5-9-15(12)26-10-16(20)22/h2-9,11H,10H2,1H3,(H2,20,22)(H,21,23). The second-order valence-electron chi connectivity index (χ2n) is 5.27. The molecule has 136 valence electrons. The number of amides is 2. The van der Waals surface area contributed by atoms with Gasteiger partial charge in [-0.15, -0.1) is 11.8 Å². The Morgan fingerprint density at radius 2 is 1.81 bits per heavy atom. The van der Waals surface area contributed by atoms with Crippen LogP contribution in [0.15, 0.2) is 53.4 Å². The topological polar surface area (TPSA) is 98.5 Å². The lowest BCUT2D eigenvalue weighted by molar-refractivity contribution is -0.123.